The fourth-order valence-corrected chi connectivity index (χ4v) is 7.67. The molecule has 376 valence electrons. The van der Waals surface area contributed by atoms with Crippen LogP contribution in [0.15, 0.2) is 24.3 Å². The van der Waals surface area contributed by atoms with Crippen LogP contribution in [-0.2, 0) is 38.0 Å². The summed E-state index contributed by atoms with van der Waals surface area (Å²) in [6.07, 6.45) is -13.3. The third-order valence-electron chi connectivity index (χ3n) is 12.2. The number of anilines is 1. The van der Waals surface area contributed by atoms with Gasteiger partial charge in [-0.3, -0.25) is 9.59 Å². The van der Waals surface area contributed by atoms with Crippen molar-refractivity contribution in [1.82, 2.24) is 0 Å². The lowest BCUT2D eigenvalue weighted by molar-refractivity contribution is -0.361. The van der Waals surface area contributed by atoms with E-state index in [0.717, 1.165) is 64.2 Å². The van der Waals surface area contributed by atoms with Crippen LogP contribution in [0.5, 0.6) is 5.75 Å². The average Bonchev–Trinajstić information content (AvgIpc) is 3.29. The quantitative estimate of drug-likeness (QED) is 0.0389. The van der Waals surface area contributed by atoms with Crippen molar-refractivity contribution in [3.63, 3.8) is 0 Å². The van der Waals surface area contributed by atoms with E-state index in [2.05, 4.69) is 12.2 Å². The molecule has 0 aromatic heterocycles. The standard InChI is InChI=1S/C46H79NO18/c1-7-8-14-17-31(50)18-15-12-10-9-11-13-16-19-35(52)63-43-42(65-45-40(57)39(56)36(53)28(4)60-45)41(64-44(58)26(2)27(3)49)29(5)61-46(43)62-34(38(55)37(54)33(51)25-48)24-47-30-20-22-32(59-6)23-21-30/h20-23,26-29,31,33-34,36-43,45-51,53-57H,7-19,24-25H2,1-6H3/t26-,27+,28-,29-,31+,33-,34+,36-,37-,38-,39+,40+,41-,42+,43+,45-,46?/m1/s1. The maximum Gasteiger partial charge on any atom is 0.311 e. The summed E-state index contributed by atoms with van der Waals surface area (Å²) in [5.74, 6) is -2.11. The van der Waals surface area contributed by atoms with Crippen LogP contribution in [-0.4, -0.2) is 176 Å². The summed E-state index contributed by atoms with van der Waals surface area (Å²) in [4.78, 5) is 27.2. The lowest BCUT2D eigenvalue weighted by atomic mass is 9.96. The Kier molecular flexibility index (Phi) is 25.4. The Balaban J connectivity index is 1.91. The third-order valence-corrected chi connectivity index (χ3v) is 12.2. The van der Waals surface area contributed by atoms with E-state index in [1.54, 1.807) is 24.3 Å². The number of aliphatic hydroxyl groups is 9. The van der Waals surface area contributed by atoms with E-state index in [1.807, 2.05) is 0 Å². The molecule has 10 N–H and O–H groups in total. The fourth-order valence-electron chi connectivity index (χ4n) is 7.67. The molecular formula is C46H79NO18. The lowest BCUT2D eigenvalue weighted by Crippen LogP contribution is -2.65. The van der Waals surface area contributed by atoms with Crippen molar-refractivity contribution in [2.45, 2.75) is 216 Å². The van der Waals surface area contributed by atoms with Gasteiger partial charge in [0.2, 0.25) is 0 Å². The normalized spacial score (nSPS) is 29.2. The van der Waals surface area contributed by atoms with Gasteiger partial charge < -0.3 is 84.4 Å². The minimum atomic E-state index is -1.95. The highest BCUT2D eigenvalue weighted by atomic mass is 16.8. The number of unbranched alkanes of at least 4 members (excludes halogenated alkanes) is 8. The summed E-state index contributed by atoms with van der Waals surface area (Å²) in [5.41, 5.74) is 0.528. The zero-order valence-corrected chi connectivity index (χ0v) is 38.9. The monoisotopic (exact) mass is 934 g/mol. The summed E-state index contributed by atoms with van der Waals surface area (Å²) in [6.45, 7) is 6.70. The van der Waals surface area contributed by atoms with E-state index in [-0.39, 0.29) is 19.1 Å². The Morgan fingerprint density at radius 3 is 1.92 bits per heavy atom. The highest BCUT2D eigenvalue weighted by Crippen LogP contribution is 2.34. The number of carbonyl (C=O) groups is 2. The van der Waals surface area contributed by atoms with E-state index in [0.29, 0.717) is 24.3 Å². The molecule has 1 unspecified atom stereocenters. The molecule has 0 aliphatic carbocycles. The molecule has 0 radical (unpaired) electrons. The Morgan fingerprint density at radius 2 is 1.32 bits per heavy atom. The number of aliphatic hydroxyl groups excluding tert-OH is 9. The van der Waals surface area contributed by atoms with E-state index in [1.165, 1.54) is 34.8 Å². The van der Waals surface area contributed by atoms with Crippen molar-refractivity contribution in [2.24, 2.45) is 5.92 Å². The second-order valence-corrected chi connectivity index (χ2v) is 17.6. The van der Waals surface area contributed by atoms with Gasteiger partial charge in [0.1, 0.15) is 54.6 Å². The Hall–Kier alpha value is -2.76. The van der Waals surface area contributed by atoms with E-state index >= 15 is 0 Å². The number of hydrogen-bond acceptors (Lipinski definition) is 19. The van der Waals surface area contributed by atoms with Crippen LogP contribution >= 0.6 is 0 Å². The van der Waals surface area contributed by atoms with Gasteiger partial charge in [0.25, 0.3) is 0 Å². The Morgan fingerprint density at radius 1 is 0.723 bits per heavy atom. The number of hydrogen-bond donors (Lipinski definition) is 10. The summed E-state index contributed by atoms with van der Waals surface area (Å²) >= 11 is 0. The molecule has 0 bridgehead atoms. The minimum absolute atomic E-state index is 0.0735. The fraction of sp³-hybridized carbons (Fsp3) is 0.826. The SMILES string of the molecule is CCCCC[C@H](O)CCCCCCCCCC(=O)O[C@@H]1C(O[C@@H](CNc2ccc(OC)cc2)[C@@H](O)[C@H](O)[C@H](O)CO)O[C@H](C)[C@@H](OC(=O)[C@H](C)[C@H](C)O)[C@@H]1O[C@H]1O[C@H](C)[C@@H](O)[C@H](O)[C@@H]1O. The summed E-state index contributed by atoms with van der Waals surface area (Å²) in [7, 11) is 1.50. The van der Waals surface area contributed by atoms with Crippen LogP contribution < -0.4 is 10.1 Å². The average molecular weight is 934 g/mol. The minimum Gasteiger partial charge on any atom is -0.497 e. The van der Waals surface area contributed by atoms with Crippen LogP contribution in [0.2, 0.25) is 0 Å². The van der Waals surface area contributed by atoms with Gasteiger partial charge in [-0.1, -0.05) is 64.7 Å². The molecule has 19 heteroatoms. The molecule has 0 amide bonds. The van der Waals surface area contributed by atoms with Gasteiger partial charge in [0, 0.05) is 18.7 Å². The van der Waals surface area contributed by atoms with E-state index < -0.39 is 116 Å². The largest absolute Gasteiger partial charge is 0.497 e. The number of benzene rings is 1. The van der Waals surface area contributed by atoms with Gasteiger partial charge in [-0.2, -0.15) is 0 Å². The maximum absolute atomic E-state index is 13.8. The van der Waals surface area contributed by atoms with Gasteiger partial charge in [-0.05, 0) is 71.2 Å². The van der Waals surface area contributed by atoms with Crippen molar-refractivity contribution in [3.05, 3.63) is 24.3 Å². The predicted octanol–water partition coefficient (Wildman–Crippen LogP) is 1.82. The summed E-state index contributed by atoms with van der Waals surface area (Å²) in [6, 6.07) is 6.69. The highest BCUT2D eigenvalue weighted by molar-refractivity contribution is 5.73. The van der Waals surface area contributed by atoms with Gasteiger partial charge in [0.05, 0.1) is 44.1 Å². The molecule has 3 rings (SSSR count). The molecule has 17 atom stereocenters. The molecule has 65 heavy (non-hydrogen) atoms. The molecule has 0 spiro atoms. The van der Waals surface area contributed by atoms with Crippen molar-refractivity contribution in [3.8, 4) is 5.75 Å². The second kappa shape index (κ2) is 29.2. The first kappa shape index (κ1) is 56.6. The molecule has 2 heterocycles. The number of rotatable bonds is 30. The summed E-state index contributed by atoms with van der Waals surface area (Å²) in [5, 5.41) is 97.9. The molecule has 2 aliphatic rings. The smallest absolute Gasteiger partial charge is 0.311 e. The Labute approximate surface area is 383 Å². The molecule has 0 saturated carbocycles. The number of methoxy groups -OCH3 is 1. The highest BCUT2D eigenvalue weighted by Gasteiger charge is 2.54. The molecule has 2 saturated heterocycles. The molecule has 2 fully saturated rings. The number of nitrogens with one attached hydrogen (secondary N) is 1. The van der Waals surface area contributed by atoms with Crippen LogP contribution in [0.1, 0.15) is 118 Å². The number of esters is 2. The van der Waals surface area contributed by atoms with Crippen LogP contribution in [0.4, 0.5) is 5.69 Å². The first-order valence-electron chi connectivity index (χ1n) is 23.4. The zero-order valence-electron chi connectivity index (χ0n) is 38.9. The predicted molar refractivity (Wildman–Crippen MR) is 235 cm³/mol. The maximum atomic E-state index is 13.8. The van der Waals surface area contributed by atoms with E-state index in [9.17, 15) is 55.5 Å². The van der Waals surface area contributed by atoms with Gasteiger partial charge in [-0.15, -0.1) is 0 Å². The second-order valence-electron chi connectivity index (χ2n) is 17.6. The van der Waals surface area contributed by atoms with Gasteiger partial charge in [0.15, 0.2) is 24.8 Å². The van der Waals surface area contributed by atoms with Crippen molar-refractivity contribution in [2.75, 3.05) is 25.6 Å². The van der Waals surface area contributed by atoms with Crippen LogP contribution in [0.25, 0.3) is 0 Å². The third kappa shape index (κ3) is 18.0. The lowest BCUT2D eigenvalue weighted by Gasteiger charge is -2.48. The number of carbonyl (C=O) groups excluding carboxylic acids is 2. The van der Waals surface area contributed by atoms with Crippen molar-refractivity contribution < 1.29 is 88.7 Å². The first-order chi connectivity index (χ1) is 30.9. The van der Waals surface area contributed by atoms with Crippen molar-refractivity contribution >= 4 is 17.6 Å². The topological polar surface area (TPSA) is 293 Å². The molecule has 2 aliphatic heterocycles. The van der Waals surface area contributed by atoms with Gasteiger partial charge in [-0.25, -0.2) is 0 Å². The zero-order chi connectivity index (χ0) is 48.2. The summed E-state index contributed by atoms with van der Waals surface area (Å²) < 4.78 is 41.8. The Bertz CT molecular complexity index is 1470. The first-order valence-corrected chi connectivity index (χ1v) is 23.4. The van der Waals surface area contributed by atoms with Crippen molar-refractivity contribution in [1.29, 1.82) is 0 Å². The molecule has 19 nitrogen and oxygen atoms in total. The van der Waals surface area contributed by atoms with E-state index in [4.69, 9.17) is 33.2 Å². The van der Waals surface area contributed by atoms with Gasteiger partial charge >= 0.3 is 11.9 Å². The number of ether oxygens (including phenoxy) is 7. The molecular weight excluding hydrogens is 854 g/mol. The molecule has 1 aromatic rings. The molecule has 1 aromatic carbocycles. The van der Waals surface area contributed by atoms with Crippen LogP contribution in [0, 0.1) is 5.92 Å². The van der Waals surface area contributed by atoms with Crippen LogP contribution in [0.3, 0.4) is 0 Å².